The second-order valence-corrected chi connectivity index (χ2v) is 5.91. The van der Waals surface area contributed by atoms with Crippen molar-refractivity contribution in [3.05, 3.63) is 26.7 Å². The summed E-state index contributed by atoms with van der Waals surface area (Å²) in [6, 6.07) is 2.66. The lowest BCUT2D eigenvalue weighted by Crippen LogP contribution is -2.41. The molecule has 0 aliphatic carbocycles. The highest BCUT2D eigenvalue weighted by molar-refractivity contribution is 9.10. The molecule has 1 aromatic rings. The minimum absolute atomic E-state index is 0.0253. The van der Waals surface area contributed by atoms with Crippen LogP contribution in [0.15, 0.2) is 16.6 Å². The van der Waals surface area contributed by atoms with Gasteiger partial charge in [-0.2, -0.15) is 13.2 Å². The summed E-state index contributed by atoms with van der Waals surface area (Å²) in [5.74, 6) is -1.37. The van der Waals surface area contributed by atoms with Gasteiger partial charge < -0.3 is 9.64 Å². The van der Waals surface area contributed by atoms with Crippen LogP contribution >= 0.6 is 15.9 Å². The molecule has 2 rings (SSSR count). The number of nitro groups is 1. The van der Waals surface area contributed by atoms with E-state index in [4.69, 9.17) is 4.74 Å². The van der Waals surface area contributed by atoms with Gasteiger partial charge in [0.15, 0.2) is 5.75 Å². The van der Waals surface area contributed by atoms with Gasteiger partial charge in [0, 0.05) is 29.7 Å². The van der Waals surface area contributed by atoms with Crippen molar-refractivity contribution in [2.75, 3.05) is 25.1 Å². The van der Waals surface area contributed by atoms with Crippen LogP contribution in [0.2, 0.25) is 0 Å². The van der Waals surface area contributed by atoms with Crippen molar-refractivity contribution >= 4 is 27.3 Å². The molecule has 0 radical (unpaired) electrons. The molecule has 0 saturated carbocycles. The summed E-state index contributed by atoms with van der Waals surface area (Å²) in [6.45, 7) is 0.301. The number of nitro benzene ring substituents is 1. The number of benzene rings is 1. The molecule has 1 unspecified atom stereocenters. The van der Waals surface area contributed by atoms with Crippen LogP contribution in [0.25, 0.3) is 0 Å². The van der Waals surface area contributed by atoms with Gasteiger partial charge in [-0.1, -0.05) is 0 Å². The standard InChI is InChI=1S/C13H14BrF3N2O3/c1-22-12-6-10(9(14)5-11(12)19(20)21)18-4-2-3-8(7-18)13(15,16)17/h5-6,8H,2-4,7H2,1H3. The summed E-state index contributed by atoms with van der Waals surface area (Å²) >= 11 is 3.20. The van der Waals surface area contributed by atoms with Gasteiger partial charge in [-0.05, 0) is 28.8 Å². The van der Waals surface area contributed by atoms with E-state index in [1.807, 2.05) is 0 Å². The molecular formula is C13H14BrF3N2O3. The van der Waals surface area contributed by atoms with Crippen molar-refractivity contribution in [2.45, 2.75) is 19.0 Å². The lowest BCUT2D eigenvalue weighted by atomic mass is 9.97. The molecule has 0 amide bonds. The third-order valence-corrected chi connectivity index (χ3v) is 4.31. The van der Waals surface area contributed by atoms with Gasteiger partial charge in [0.25, 0.3) is 0 Å². The van der Waals surface area contributed by atoms with E-state index < -0.39 is 17.0 Å². The van der Waals surface area contributed by atoms with Gasteiger partial charge in [-0.3, -0.25) is 10.1 Å². The van der Waals surface area contributed by atoms with Crippen LogP contribution in [0.1, 0.15) is 12.8 Å². The zero-order valence-electron chi connectivity index (χ0n) is 11.7. The normalized spacial score (nSPS) is 19.1. The largest absolute Gasteiger partial charge is 0.490 e. The Labute approximate surface area is 133 Å². The number of anilines is 1. The zero-order chi connectivity index (χ0) is 16.5. The summed E-state index contributed by atoms with van der Waals surface area (Å²) in [5, 5.41) is 10.9. The van der Waals surface area contributed by atoms with Crippen LogP contribution in [0.3, 0.4) is 0 Å². The Morgan fingerprint density at radius 1 is 1.45 bits per heavy atom. The molecule has 0 spiro atoms. The maximum absolute atomic E-state index is 12.9. The summed E-state index contributed by atoms with van der Waals surface area (Å²) in [6.07, 6.45) is -3.73. The van der Waals surface area contributed by atoms with Gasteiger partial charge in [-0.25, -0.2) is 0 Å². The fourth-order valence-electron chi connectivity index (χ4n) is 2.54. The van der Waals surface area contributed by atoms with Crippen molar-refractivity contribution in [3.8, 4) is 5.75 Å². The lowest BCUT2D eigenvalue weighted by Gasteiger charge is -2.35. The number of alkyl halides is 3. The summed E-state index contributed by atoms with van der Waals surface area (Å²) in [5.41, 5.74) is 0.235. The van der Waals surface area contributed by atoms with E-state index in [1.165, 1.54) is 19.2 Å². The third-order valence-electron chi connectivity index (χ3n) is 3.67. The van der Waals surface area contributed by atoms with Gasteiger partial charge >= 0.3 is 11.9 Å². The minimum Gasteiger partial charge on any atom is -0.490 e. The van der Waals surface area contributed by atoms with E-state index in [2.05, 4.69) is 15.9 Å². The lowest BCUT2D eigenvalue weighted by molar-refractivity contribution is -0.385. The Balaban J connectivity index is 2.34. The van der Waals surface area contributed by atoms with E-state index in [0.717, 1.165) is 0 Å². The molecule has 9 heteroatoms. The quantitative estimate of drug-likeness (QED) is 0.582. The van der Waals surface area contributed by atoms with Crippen molar-refractivity contribution < 1.29 is 22.8 Å². The molecule has 122 valence electrons. The number of ether oxygens (including phenoxy) is 1. The molecule has 1 aromatic carbocycles. The predicted molar refractivity (Wildman–Crippen MR) is 78.3 cm³/mol. The Hall–Kier alpha value is -1.51. The van der Waals surface area contributed by atoms with Crippen LogP contribution in [0.4, 0.5) is 24.5 Å². The fraction of sp³-hybridized carbons (Fsp3) is 0.538. The topological polar surface area (TPSA) is 55.6 Å². The highest BCUT2D eigenvalue weighted by atomic mass is 79.9. The molecule has 1 aliphatic heterocycles. The third kappa shape index (κ3) is 3.45. The Kier molecular flexibility index (Phi) is 4.84. The molecule has 0 bridgehead atoms. The summed E-state index contributed by atoms with van der Waals surface area (Å²) < 4.78 is 44.0. The van der Waals surface area contributed by atoms with Gasteiger partial charge in [0.1, 0.15) is 0 Å². The molecule has 1 fully saturated rings. The van der Waals surface area contributed by atoms with E-state index in [-0.39, 0.29) is 24.4 Å². The van der Waals surface area contributed by atoms with Crippen LogP contribution in [-0.4, -0.2) is 31.3 Å². The van der Waals surface area contributed by atoms with Crippen LogP contribution < -0.4 is 9.64 Å². The number of nitrogens with zero attached hydrogens (tertiary/aromatic N) is 2. The van der Waals surface area contributed by atoms with Crippen molar-refractivity contribution in [2.24, 2.45) is 5.92 Å². The molecule has 0 N–H and O–H groups in total. The molecule has 22 heavy (non-hydrogen) atoms. The first-order valence-corrected chi connectivity index (χ1v) is 7.37. The van der Waals surface area contributed by atoms with E-state index in [1.54, 1.807) is 4.90 Å². The van der Waals surface area contributed by atoms with Crippen molar-refractivity contribution in [3.63, 3.8) is 0 Å². The summed E-state index contributed by atoms with van der Waals surface area (Å²) in [4.78, 5) is 11.9. The highest BCUT2D eigenvalue weighted by Gasteiger charge is 2.42. The molecule has 5 nitrogen and oxygen atoms in total. The number of piperidine rings is 1. The fourth-order valence-corrected chi connectivity index (χ4v) is 3.13. The molecular weight excluding hydrogens is 369 g/mol. The number of hydrogen-bond acceptors (Lipinski definition) is 4. The zero-order valence-corrected chi connectivity index (χ0v) is 13.3. The number of rotatable bonds is 3. The average molecular weight is 383 g/mol. The highest BCUT2D eigenvalue weighted by Crippen LogP contribution is 2.41. The van der Waals surface area contributed by atoms with E-state index in [0.29, 0.717) is 23.1 Å². The van der Waals surface area contributed by atoms with Crippen molar-refractivity contribution in [1.82, 2.24) is 0 Å². The number of halogens is 4. The first kappa shape index (κ1) is 16.9. The van der Waals surface area contributed by atoms with Gasteiger partial charge in [-0.15, -0.1) is 0 Å². The molecule has 0 aromatic heterocycles. The predicted octanol–water partition coefficient (Wildman–Crippen LogP) is 4.14. The van der Waals surface area contributed by atoms with Crippen molar-refractivity contribution in [1.29, 1.82) is 0 Å². The van der Waals surface area contributed by atoms with Crippen LogP contribution in [0, 0.1) is 16.0 Å². The summed E-state index contributed by atoms with van der Waals surface area (Å²) in [7, 11) is 1.29. The Bertz CT molecular complexity index is 580. The monoisotopic (exact) mass is 382 g/mol. The SMILES string of the molecule is COc1cc(N2CCCC(C(F)(F)F)C2)c(Br)cc1[N+](=O)[O-]. The molecule has 1 atom stereocenters. The molecule has 1 heterocycles. The second-order valence-electron chi connectivity index (χ2n) is 5.06. The minimum atomic E-state index is -4.24. The first-order chi connectivity index (χ1) is 10.2. The maximum Gasteiger partial charge on any atom is 0.393 e. The van der Waals surface area contributed by atoms with Gasteiger partial charge in [0.2, 0.25) is 0 Å². The molecule has 1 saturated heterocycles. The second kappa shape index (κ2) is 6.31. The van der Waals surface area contributed by atoms with E-state index >= 15 is 0 Å². The van der Waals surface area contributed by atoms with Crippen LogP contribution in [0.5, 0.6) is 5.75 Å². The Morgan fingerprint density at radius 2 is 2.14 bits per heavy atom. The van der Waals surface area contributed by atoms with Gasteiger partial charge in [0.05, 0.1) is 23.6 Å². The average Bonchev–Trinajstić information content (AvgIpc) is 2.46. The first-order valence-electron chi connectivity index (χ1n) is 6.57. The Morgan fingerprint density at radius 3 is 2.68 bits per heavy atom. The smallest absolute Gasteiger partial charge is 0.393 e. The number of hydrogen-bond donors (Lipinski definition) is 0. The maximum atomic E-state index is 12.9. The molecule has 1 aliphatic rings. The van der Waals surface area contributed by atoms with Crippen LogP contribution in [-0.2, 0) is 0 Å². The van der Waals surface area contributed by atoms with E-state index in [9.17, 15) is 23.3 Å². The number of methoxy groups -OCH3 is 1.